The third-order valence-corrected chi connectivity index (χ3v) is 3.11. The summed E-state index contributed by atoms with van der Waals surface area (Å²) in [5.74, 6) is -1.86. The molecule has 0 aliphatic rings. The van der Waals surface area contributed by atoms with Gasteiger partial charge in [-0.1, -0.05) is 46.3 Å². The Morgan fingerprint density at radius 3 is 2.33 bits per heavy atom. The van der Waals surface area contributed by atoms with E-state index in [0.29, 0.717) is 5.56 Å². The van der Waals surface area contributed by atoms with Crippen molar-refractivity contribution in [3.8, 4) is 0 Å². The van der Waals surface area contributed by atoms with Gasteiger partial charge in [-0.15, -0.1) is 0 Å². The number of hydrogen-bond donors (Lipinski definition) is 1. The van der Waals surface area contributed by atoms with Crippen molar-refractivity contribution in [2.45, 2.75) is 18.9 Å². The van der Waals surface area contributed by atoms with Crippen LogP contribution in [0.5, 0.6) is 0 Å². The van der Waals surface area contributed by atoms with Crippen molar-refractivity contribution < 1.29 is 18.4 Å². The second kappa shape index (κ2) is 6.04. The maximum Gasteiger partial charge on any atom is 0.315 e. The molecule has 18 heavy (non-hydrogen) atoms. The zero-order chi connectivity index (χ0) is 13.8. The summed E-state index contributed by atoms with van der Waals surface area (Å²) in [5.41, 5.74) is -0.999. The third kappa shape index (κ3) is 3.13. The number of rotatable bonds is 5. The number of Topliss-reactive ketones (excluding diaryl/α,β-unsaturated/α-hetero) is 1. The van der Waals surface area contributed by atoms with E-state index in [4.69, 9.17) is 0 Å². The first-order chi connectivity index (χ1) is 8.41. The summed E-state index contributed by atoms with van der Waals surface area (Å²) in [6.07, 6.45) is -3.16. The Morgan fingerprint density at radius 2 is 1.89 bits per heavy atom. The molecule has 0 fully saturated rings. The SMILES string of the molecule is CC(NC(=O)C(F)F)(C(=O)CBr)c1ccccc1. The molecule has 1 aromatic carbocycles. The van der Waals surface area contributed by atoms with Crippen molar-refractivity contribution in [3.63, 3.8) is 0 Å². The highest BCUT2D eigenvalue weighted by Crippen LogP contribution is 2.23. The fourth-order valence-corrected chi connectivity index (χ4v) is 2.07. The van der Waals surface area contributed by atoms with Gasteiger partial charge in [0, 0.05) is 0 Å². The number of carbonyl (C=O) groups is 2. The van der Waals surface area contributed by atoms with Crippen LogP contribution < -0.4 is 5.32 Å². The lowest BCUT2D eigenvalue weighted by Gasteiger charge is -2.29. The molecule has 0 radical (unpaired) electrons. The average Bonchev–Trinajstić information content (AvgIpc) is 2.38. The van der Waals surface area contributed by atoms with Gasteiger partial charge in [-0.3, -0.25) is 9.59 Å². The number of halogens is 3. The molecule has 3 nitrogen and oxygen atoms in total. The number of benzene rings is 1. The van der Waals surface area contributed by atoms with Crippen molar-refractivity contribution in [3.05, 3.63) is 35.9 Å². The Balaban J connectivity index is 3.12. The van der Waals surface area contributed by atoms with Gasteiger partial charge in [0.05, 0.1) is 5.33 Å². The number of carbonyl (C=O) groups excluding carboxylic acids is 2. The Bertz CT molecular complexity index is 439. The lowest BCUT2D eigenvalue weighted by molar-refractivity contribution is -0.137. The van der Waals surface area contributed by atoms with E-state index in [1.165, 1.54) is 6.92 Å². The van der Waals surface area contributed by atoms with Crippen molar-refractivity contribution >= 4 is 27.6 Å². The number of amides is 1. The lowest BCUT2D eigenvalue weighted by Crippen LogP contribution is -2.51. The Kier molecular flexibility index (Phi) is 4.95. The average molecular weight is 320 g/mol. The van der Waals surface area contributed by atoms with Crippen LogP contribution >= 0.6 is 15.9 Å². The summed E-state index contributed by atoms with van der Waals surface area (Å²) >= 11 is 2.99. The summed E-state index contributed by atoms with van der Waals surface area (Å²) in [5, 5.41) is 2.05. The molecule has 0 aliphatic carbocycles. The quantitative estimate of drug-likeness (QED) is 0.846. The molecule has 98 valence electrons. The van der Waals surface area contributed by atoms with Crippen LogP contribution in [0.15, 0.2) is 30.3 Å². The van der Waals surface area contributed by atoms with Crippen LogP contribution in [0.4, 0.5) is 8.78 Å². The van der Waals surface area contributed by atoms with E-state index in [-0.39, 0.29) is 5.33 Å². The predicted octanol–water partition coefficient (Wildman–Crippen LogP) is 2.25. The van der Waals surface area contributed by atoms with Crippen molar-refractivity contribution in [2.24, 2.45) is 0 Å². The minimum Gasteiger partial charge on any atom is -0.335 e. The zero-order valence-electron chi connectivity index (χ0n) is 9.62. The van der Waals surface area contributed by atoms with Crippen LogP contribution in [-0.2, 0) is 15.1 Å². The van der Waals surface area contributed by atoms with Gasteiger partial charge in [-0.25, -0.2) is 0 Å². The van der Waals surface area contributed by atoms with Crippen LogP contribution in [0.3, 0.4) is 0 Å². The Labute approximate surface area is 112 Å². The molecule has 1 amide bonds. The molecular weight excluding hydrogens is 308 g/mol. The summed E-state index contributed by atoms with van der Waals surface area (Å²) in [6.45, 7) is 1.41. The molecule has 1 N–H and O–H groups in total. The third-order valence-electron chi connectivity index (χ3n) is 2.60. The topological polar surface area (TPSA) is 46.2 Å². The van der Waals surface area contributed by atoms with Gasteiger partial charge in [0.2, 0.25) is 0 Å². The molecule has 1 atom stereocenters. The van der Waals surface area contributed by atoms with Gasteiger partial charge in [0.15, 0.2) is 5.78 Å². The van der Waals surface area contributed by atoms with Crippen LogP contribution in [0, 0.1) is 0 Å². The summed E-state index contributed by atoms with van der Waals surface area (Å²) < 4.78 is 24.6. The molecule has 0 spiro atoms. The highest BCUT2D eigenvalue weighted by molar-refractivity contribution is 9.09. The molecule has 0 saturated carbocycles. The van der Waals surface area contributed by atoms with Crippen molar-refractivity contribution in [1.82, 2.24) is 5.32 Å². The van der Waals surface area contributed by atoms with Crippen LogP contribution in [-0.4, -0.2) is 23.4 Å². The van der Waals surface area contributed by atoms with E-state index in [2.05, 4.69) is 21.2 Å². The summed E-state index contributed by atoms with van der Waals surface area (Å²) in [6, 6.07) is 8.28. The maximum atomic E-state index is 12.3. The summed E-state index contributed by atoms with van der Waals surface area (Å²) in [4.78, 5) is 23.0. The summed E-state index contributed by atoms with van der Waals surface area (Å²) in [7, 11) is 0. The molecule has 1 rings (SSSR count). The number of alkyl halides is 3. The molecular formula is C12H12BrF2NO2. The standard InChI is InChI=1S/C12H12BrF2NO2/c1-12(9(17)7-13,16-11(18)10(14)15)8-5-3-2-4-6-8/h2-6,10H,7H2,1H3,(H,16,18). The fourth-order valence-electron chi connectivity index (χ4n) is 1.51. The van der Waals surface area contributed by atoms with E-state index in [1.54, 1.807) is 30.3 Å². The van der Waals surface area contributed by atoms with Gasteiger partial charge in [-0.2, -0.15) is 8.78 Å². The zero-order valence-corrected chi connectivity index (χ0v) is 11.2. The number of hydrogen-bond acceptors (Lipinski definition) is 2. The molecule has 0 saturated heterocycles. The number of ketones is 1. The first-order valence-electron chi connectivity index (χ1n) is 5.16. The van der Waals surface area contributed by atoms with Gasteiger partial charge >= 0.3 is 6.43 Å². The van der Waals surface area contributed by atoms with Crippen molar-refractivity contribution in [2.75, 3.05) is 5.33 Å². The highest BCUT2D eigenvalue weighted by Gasteiger charge is 2.37. The highest BCUT2D eigenvalue weighted by atomic mass is 79.9. The van der Waals surface area contributed by atoms with Gasteiger partial charge < -0.3 is 5.32 Å². The first-order valence-corrected chi connectivity index (χ1v) is 6.29. The van der Waals surface area contributed by atoms with Gasteiger partial charge in [-0.05, 0) is 12.5 Å². The predicted molar refractivity (Wildman–Crippen MR) is 66.7 cm³/mol. The smallest absolute Gasteiger partial charge is 0.315 e. The van der Waals surface area contributed by atoms with Crippen LogP contribution in [0.25, 0.3) is 0 Å². The molecule has 6 heteroatoms. The first kappa shape index (κ1) is 14.8. The second-order valence-corrected chi connectivity index (χ2v) is 4.40. The number of nitrogens with one attached hydrogen (secondary N) is 1. The molecule has 1 aromatic rings. The van der Waals surface area contributed by atoms with E-state index in [1.807, 2.05) is 0 Å². The van der Waals surface area contributed by atoms with E-state index in [0.717, 1.165) is 0 Å². The van der Waals surface area contributed by atoms with Crippen molar-refractivity contribution in [1.29, 1.82) is 0 Å². The largest absolute Gasteiger partial charge is 0.335 e. The normalized spacial score (nSPS) is 14.1. The van der Waals surface area contributed by atoms with Gasteiger partial charge in [0.25, 0.3) is 5.91 Å². The van der Waals surface area contributed by atoms with Gasteiger partial charge in [0.1, 0.15) is 5.54 Å². The fraction of sp³-hybridized carbons (Fsp3) is 0.333. The minimum absolute atomic E-state index is 0.0398. The Morgan fingerprint density at radius 1 is 1.33 bits per heavy atom. The monoisotopic (exact) mass is 319 g/mol. The Hall–Kier alpha value is -1.30. The van der Waals surface area contributed by atoms with E-state index in [9.17, 15) is 18.4 Å². The second-order valence-electron chi connectivity index (χ2n) is 3.84. The molecule has 1 unspecified atom stereocenters. The van der Waals surface area contributed by atoms with Crippen LogP contribution in [0.1, 0.15) is 12.5 Å². The minimum atomic E-state index is -3.16. The lowest BCUT2D eigenvalue weighted by atomic mass is 9.88. The van der Waals surface area contributed by atoms with Crippen LogP contribution in [0.2, 0.25) is 0 Å². The molecule has 0 aliphatic heterocycles. The molecule has 0 bridgehead atoms. The molecule has 0 heterocycles. The maximum absolute atomic E-state index is 12.3. The van der Waals surface area contributed by atoms with E-state index >= 15 is 0 Å². The van der Waals surface area contributed by atoms with E-state index < -0.39 is 23.7 Å². The molecule has 0 aromatic heterocycles.